The monoisotopic (exact) mass is 417 g/mol. The molecule has 1 N–H and O–H groups in total. The number of carbonyl (C=O) groups excluding carboxylic acids is 3. The molecule has 9 heteroatoms. The maximum absolute atomic E-state index is 12.6. The highest BCUT2D eigenvalue weighted by molar-refractivity contribution is 8.18. The van der Waals surface area contributed by atoms with Crippen LogP contribution in [0.5, 0.6) is 11.5 Å². The molecule has 0 atom stereocenters. The van der Waals surface area contributed by atoms with E-state index in [4.69, 9.17) is 9.47 Å². The van der Waals surface area contributed by atoms with Crippen molar-refractivity contribution in [1.82, 2.24) is 15.1 Å². The fraction of sp³-hybridized carbons (Fsp3) is 0.450. The summed E-state index contributed by atoms with van der Waals surface area (Å²) in [5, 5.41) is 2.48. The van der Waals surface area contributed by atoms with Gasteiger partial charge in [0, 0.05) is 13.1 Å². The van der Waals surface area contributed by atoms with Crippen molar-refractivity contribution in [2.24, 2.45) is 0 Å². The number of piperidine rings is 1. The van der Waals surface area contributed by atoms with E-state index in [-0.39, 0.29) is 36.9 Å². The zero-order chi connectivity index (χ0) is 20.2. The van der Waals surface area contributed by atoms with Gasteiger partial charge in [0.1, 0.15) is 0 Å². The second-order valence-electron chi connectivity index (χ2n) is 7.13. The topological polar surface area (TPSA) is 88.2 Å². The lowest BCUT2D eigenvalue weighted by Crippen LogP contribution is -2.42. The van der Waals surface area contributed by atoms with Crippen LogP contribution in [0.3, 0.4) is 0 Å². The van der Waals surface area contributed by atoms with Gasteiger partial charge >= 0.3 is 0 Å². The van der Waals surface area contributed by atoms with Crippen LogP contribution in [0.15, 0.2) is 23.1 Å². The Balaban J connectivity index is 1.29. The minimum atomic E-state index is -0.344. The van der Waals surface area contributed by atoms with Crippen LogP contribution < -0.4 is 14.8 Å². The van der Waals surface area contributed by atoms with E-state index < -0.39 is 0 Å². The van der Waals surface area contributed by atoms with Gasteiger partial charge in [-0.2, -0.15) is 0 Å². The third-order valence-corrected chi connectivity index (χ3v) is 5.95. The first-order valence-corrected chi connectivity index (χ1v) is 10.6. The van der Waals surface area contributed by atoms with E-state index in [2.05, 4.69) is 10.2 Å². The Morgan fingerprint density at radius 1 is 1.14 bits per heavy atom. The van der Waals surface area contributed by atoms with Crippen molar-refractivity contribution in [3.63, 3.8) is 0 Å². The van der Waals surface area contributed by atoms with Gasteiger partial charge in [-0.3, -0.25) is 24.2 Å². The number of imide groups is 1. The Morgan fingerprint density at radius 2 is 1.93 bits per heavy atom. The lowest BCUT2D eigenvalue weighted by atomic mass is 10.1. The van der Waals surface area contributed by atoms with Crippen LogP contribution >= 0.6 is 11.8 Å². The number of ether oxygens (including phenoxy) is 2. The molecule has 3 aliphatic heterocycles. The van der Waals surface area contributed by atoms with E-state index >= 15 is 0 Å². The van der Waals surface area contributed by atoms with E-state index in [1.54, 1.807) is 18.2 Å². The molecule has 0 saturated carbocycles. The van der Waals surface area contributed by atoms with Gasteiger partial charge < -0.3 is 14.8 Å². The number of hydrogen-bond donors (Lipinski definition) is 1. The van der Waals surface area contributed by atoms with Crippen LogP contribution in [0.2, 0.25) is 0 Å². The maximum atomic E-state index is 12.6. The molecule has 2 fully saturated rings. The number of nitrogens with one attached hydrogen (secondary N) is 1. The number of rotatable bonds is 6. The minimum Gasteiger partial charge on any atom is -0.454 e. The first-order valence-electron chi connectivity index (χ1n) is 9.74. The lowest BCUT2D eigenvalue weighted by Gasteiger charge is -2.25. The van der Waals surface area contributed by atoms with Gasteiger partial charge in [-0.15, -0.1) is 0 Å². The first-order chi connectivity index (χ1) is 14.1. The Labute approximate surface area is 173 Å². The molecule has 1 aromatic carbocycles. The zero-order valence-electron chi connectivity index (χ0n) is 16.0. The van der Waals surface area contributed by atoms with Gasteiger partial charge in [0.05, 0.1) is 11.4 Å². The van der Waals surface area contributed by atoms with Crippen LogP contribution in [0, 0.1) is 0 Å². The third-order valence-electron chi connectivity index (χ3n) is 5.04. The summed E-state index contributed by atoms with van der Waals surface area (Å²) in [5.41, 5.74) is 0.759. The summed E-state index contributed by atoms with van der Waals surface area (Å²) in [4.78, 5) is 40.5. The molecule has 29 heavy (non-hydrogen) atoms. The highest BCUT2D eigenvalue weighted by Gasteiger charge is 2.34. The number of carbonyl (C=O) groups is 3. The fourth-order valence-electron chi connectivity index (χ4n) is 3.53. The van der Waals surface area contributed by atoms with Crippen molar-refractivity contribution in [3.05, 3.63) is 28.7 Å². The Bertz CT molecular complexity index is 851. The molecule has 0 aromatic heterocycles. The molecule has 0 aliphatic carbocycles. The highest BCUT2D eigenvalue weighted by Crippen LogP contribution is 2.36. The average Bonchev–Trinajstić information content (AvgIpc) is 3.28. The zero-order valence-corrected chi connectivity index (χ0v) is 16.8. The summed E-state index contributed by atoms with van der Waals surface area (Å²) in [7, 11) is 0. The van der Waals surface area contributed by atoms with Crippen LogP contribution in [0.1, 0.15) is 24.8 Å². The van der Waals surface area contributed by atoms with Gasteiger partial charge in [0.15, 0.2) is 11.5 Å². The van der Waals surface area contributed by atoms with E-state index in [0.29, 0.717) is 22.9 Å². The molecule has 1 aromatic rings. The molecule has 154 valence electrons. The second-order valence-corrected chi connectivity index (χ2v) is 8.13. The van der Waals surface area contributed by atoms with Crippen molar-refractivity contribution < 1.29 is 23.9 Å². The SMILES string of the molecule is O=C(CN1CCCCC1)NCCN1C(=O)S/C(=C\c2ccc3c(c2)OCO3)C1=O. The summed E-state index contributed by atoms with van der Waals surface area (Å²) in [6.07, 6.45) is 5.14. The molecular formula is C20H23N3O5S. The molecule has 3 aliphatic rings. The molecule has 2 saturated heterocycles. The first kappa shape index (κ1) is 19.8. The van der Waals surface area contributed by atoms with Crippen LogP contribution in [-0.2, 0) is 9.59 Å². The number of thioether (sulfide) groups is 1. The van der Waals surface area contributed by atoms with Crippen molar-refractivity contribution in [1.29, 1.82) is 0 Å². The molecule has 0 bridgehead atoms. The fourth-order valence-corrected chi connectivity index (χ4v) is 4.40. The molecule has 4 rings (SSSR count). The highest BCUT2D eigenvalue weighted by atomic mass is 32.2. The summed E-state index contributed by atoms with van der Waals surface area (Å²) < 4.78 is 10.6. The van der Waals surface area contributed by atoms with E-state index in [0.717, 1.165) is 43.3 Å². The molecule has 3 heterocycles. The molecule has 3 amide bonds. The summed E-state index contributed by atoms with van der Waals surface area (Å²) in [5.74, 6) is 0.864. The van der Waals surface area contributed by atoms with Crippen molar-refractivity contribution in [2.75, 3.05) is 39.5 Å². The summed E-state index contributed by atoms with van der Waals surface area (Å²) in [6.45, 7) is 2.85. The van der Waals surface area contributed by atoms with Gasteiger partial charge in [-0.05, 0) is 61.5 Å². The lowest BCUT2D eigenvalue weighted by molar-refractivity contribution is -0.124. The standard InChI is InChI=1S/C20H23N3O5S/c24-18(12-22-7-2-1-3-8-22)21-6-9-23-19(25)17(29-20(23)26)11-14-4-5-15-16(10-14)28-13-27-15/h4-5,10-11H,1-3,6-9,12-13H2,(H,21,24)/b17-11-. The Morgan fingerprint density at radius 3 is 2.76 bits per heavy atom. The normalized spacial score (nSPS) is 20.6. The number of fused-ring (bicyclic) bond motifs is 1. The number of likely N-dealkylation sites (tertiary alicyclic amines) is 1. The molecule has 0 spiro atoms. The van der Waals surface area contributed by atoms with Crippen LogP contribution in [0.25, 0.3) is 6.08 Å². The van der Waals surface area contributed by atoms with Gasteiger partial charge in [-0.25, -0.2) is 0 Å². The summed E-state index contributed by atoms with van der Waals surface area (Å²) in [6, 6.07) is 5.36. The number of nitrogens with zero attached hydrogens (tertiary/aromatic N) is 2. The predicted octanol–water partition coefficient (Wildman–Crippen LogP) is 2.05. The number of amides is 3. The summed E-state index contributed by atoms with van der Waals surface area (Å²) >= 11 is 0.903. The van der Waals surface area contributed by atoms with Crippen LogP contribution in [-0.4, -0.2) is 66.4 Å². The van der Waals surface area contributed by atoms with E-state index in [9.17, 15) is 14.4 Å². The van der Waals surface area contributed by atoms with E-state index in [1.807, 2.05) is 6.07 Å². The Kier molecular flexibility index (Phi) is 6.05. The van der Waals surface area contributed by atoms with Crippen LogP contribution in [0.4, 0.5) is 4.79 Å². The number of benzene rings is 1. The minimum absolute atomic E-state index is 0.0743. The maximum Gasteiger partial charge on any atom is 0.293 e. The Hall–Kier alpha value is -2.52. The third kappa shape index (κ3) is 4.73. The van der Waals surface area contributed by atoms with Crippen molar-refractivity contribution in [3.8, 4) is 11.5 Å². The second kappa shape index (κ2) is 8.87. The smallest absolute Gasteiger partial charge is 0.293 e. The average molecular weight is 417 g/mol. The van der Waals surface area contributed by atoms with Crippen molar-refractivity contribution in [2.45, 2.75) is 19.3 Å². The van der Waals surface area contributed by atoms with Gasteiger partial charge in [0.2, 0.25) is 12.7 Å². The molecule has 0 radical (unpaired) electrons. The van der Waals surface area contributed by atoms with Crippen molar-refractivity contribution >= 4 is 34.9 Å². The van der Waals surface area contributed by atoms with E-state index in [1.165, 1.54) is 11.3 Å². The molecule has 8 nitrogen and oxygen atoms in total. The molecular weight excluding hydrogens is 394 g/mol. The van der Waals surface area contributed by atoms with Gasteiger partial charge in [-0.1, -0.05) is 12.5 Å². The molecule has 0 unspecified atom stereocenters. The quantitative estimate of drug-likeness (QED) is 0.709. The predicted molar refractivity (Wildman–Crippen MR) is 109 cm³/mol. The number of hydrogen-bond acceptors (Lipinski definition) is 7. The van der Waals surface area contributed by atoms with Gasteiger partial charge in [0.25, 0.3) is 11.1 Å². The largest absolute Gasteiger partial charge is 0.454 e.